The predicted octanol–water partition coefficient (Wildman–Crippen LogP) is 4.36. The van der Waals surface area contributed by atoms with Gasteiger partial charge in [0.05, 0.1) is 5.52 Å². The van der Waals surface area contributed by atoms with Crippen molar-refractivity contribution in [2.45, 2.75) is 0 Å². The SMILES string of the molecule is [Al][n]1c2ccccc2c2ccc3c4ccccc4[nH]c3c21. The zero-order valence-corrected chi connectivity index (χ0v) is 12.5. The van der Waals surface area contributed by atoms with E-state index in [2.05, 4.69) is 85.7 Å². The number of H-pyrrole nitrogens is 1. The Bertz CT molecular complexity index is 1150. The number of rotatable bonds is 0. The van der Waals surface area contributed by atoms with Crippen molar-refractivity contribution in [3.05, 3.63) is 60.7 Å². The number of nitrogens with zero attached hydrogens (tertiary/aromatic N) is 1. The molecule has 5 rings (SSSR count). The molecule has 0 bridgehead atoms. The van der Waals surface area contributed by atoms with E-state index in [0.29, 0.717) is 0 Å². The lowest BCUT2D eigenvalue weighted by molar-refractivity contribution is 1.39. The maximum absolute atomic E-state index is 3.59. The Kier molecular flexibility index (Phi) is 2.14. The van der Waals surface area contributed by atoms with E-state index in [9.17, 15) is 0 Å². The number of hydrogen-bond acceptors (Lipinski definition) is 0. The largest absolute Gasteiger partial charge is 0.450 e. The third kappa shape index (κ3) is 1.38. The molecule has 0 atom stereocenters. The van der Waals surface area contributed by atoms with Gasteiger partial charge in [-0.3, -0.25) is 0 Å². The fourth-order valence-electron chi connectivity index (χ4n) is 3.40. The number of benzene rings is 3. The molecule has 0 unspecified atom stereocenters. The number of hydrogen-bond donors (Lipinski definition) is 1. The standard InChI is InChI=1S/C18H11N2.Al/c1-3-7-15-11(5-1)13-9-10-14-12-6-2-4-8-16(12)20-18(14)17(13)19-15;/h1-10,19H;/q-1;+1. The molecule has 0 spiro atoms. The molecule has 2 heterocycles. The summed E-state index contributed by atoms with van der Waals surface area (Å²) >= 11 is 2.85. The summed E-state index contributed by atoms with van der Waals surface area (Å²) in [6.07, 6.45) is 0. The molecule has 0 aliphatic rings. The molecule has 0 fully saturated rings. The van der Waals surface area contributed by atoms with E-state index in [0.717, 1.165) is 0 Å². The summed E-state index contributed by atoms with van der Waals surface area (Å²) in [5.41, 5.74) is 4.88. The quantitative estimate of drug-likeness (QED) is 0.407. The van der Waals surface area contributed by atoms with E-state index in [1.165, 1.54) is 43.6 Å². The van der Waals surface area contributed by atoms with Gasteiger partial charge in [0.15, 0.2) is 0 Å². The minimum atomic E-state index is 1.19. The third-order valence-electron chi connectivity index (χ3n) is 4.35. The Morgan fingerprint density at radius 2 is 1.43 bits per heavy atom. The van der Waals surface area contributed by atoms with Crippen LogP contribution in [0.4, 0.5) is 0 Å². The number of para-hydroxylation sites is 2. The second kappa shape index (κ2) is 3.92. The topological polar surface area (TPSA) is 20.7 Å². The Balaban J connectivity index is 2.14. The minimum Gasteiger partial charge on any atom is -0.450 e. The summed E-state index contributed by atoms with van der Waals surface area (Å²) < 4.78 is 2.21. The zero-order chi connectivity index (χ0) is 14.0. The fraction of sp³-hybridized carbons (Fsp3) is 0. The molecule has 3 aromatic carbocycles. The van der Waals surface area contributed by atoms with Crippen LogP contribution in [0, 0.1) is 0 Å². The van der Waals surface area contributed by atoms with E-state index in [1.807, 2.05) is 0 Å². The number of aromatic amines is 1. The van der Waals surface area contributed by atoms with Crippen LogP contribution in [0.3, 0.4) is 0 Å². The summed E-state index contributed by atoms with van der Waals surface area (Å²) in [5.74, 6) is 0. The predicted molar refractivity (Wildman–Crippen MR) is 90.0 cm³/mol. The van der Waals surface area contributed by atoms with Crippen LogP contribution < -0.4 is 0 Å². The van der Waals surface area contributed by atoms with Gasteiger partial charge >= 0.3 is 16.5 Å². The van der Waals surface area contributed by atoms with Crippen LogP contribution in [0.2, 0.25) is 0 Å². The van der Waals surface area contributed by atoms with Crippen molar-refractivity contribution in [1.82, 2.24) is 8.53 Å². The first-order chi connectivity index (χ1) is 10.3. The first-order valence-electron chi connectivity index (χ1n) is 7.02. The highest BCUT2D eigenvalue weighted by atomic mass is 27.1. The summed E-state index contributed by atoms with van der Waals surface area (Å²) in [4.78, 5) is 3.59. The number of nitrogens with one attached hydrogen (secondary N) is 1. The molecule has 5 aromatic rings. The molecular formula is C18H11AlN2. The summed E-state index contributed by atoms with van der Waals surface area (Å²) in [6, 6.07) is 21.5. The van der Waals surface area contributed by atoms with Crippen LogP contribution in [-0.4, -0.2) is 25.0 Å². The molecular weight excluding hydrogens is 271 g/mol. The van der Waals surface area contributed by atoms with E-state index in [1.54, 1.807) is 0 Å². The zero-order valence-electron chi connectivity index (χ0n) is 11.3. The number of aromatic nitrogens is 2. The second-order valence-electron chi connectivity index (χ2n) is 5.44. The lowest BCUT2D eigenvalue weighted by Crippen LogP contribution is -1.90. The van der Waals surface area contributed by atoms with Crippen LogP contribution in [0.25, 0.3) is 43.6 Å². The van der Waals surface area contributed by atoms with Gasteiger partial charge in [-0.25, -0.2) is 0 Å². The van der Waals surface area contributed by atoms with Crippen molar-refractivity contribution in [3.8, 4) is 0 Å². The highest BCUT2D eigenvalue weighted by Crippen LogP contribution is 2.35. The van der Waals surface area contributed by atoms with Gasteiger partial charge in [0.2, 0.25) is 0 Å². The van der Waals surface area contributed by atoms with Gasteiger partial charge in [-0.15, -0.1) is 0 Å². The summed E-state index contributed by atoms with van der Waals surface area (Å²) in [7, 11) is 0. The van der Waals surface area contributed by atoms with E-state index in [-0.39, 0.29) is 0 Å². The Labute approximate surface area is 129 Å². The molecule has 0 amide bonds. The average Bonchev–Trinajstić information content (AvgIpc) is 3.04. The smallest absolute Gasteiger partial charge is 0.318 e. The highest BCUT2D eigenvalue weighted by Gasteiger charge is 2.12. The fourth-order valence-corrected chi connectivity index (χ4v) is 3.90. The van der Waals surface area contributed by atoms with Gasteiger partial charge in [-0.2, -0.15) is 0 Å². The monoisotopic (exact) mass is 282 g/mol. The van der Waals surface area contributed by atoms with Crippen molar-refractivity contribution < 1.29 is 0 Å². The lowest BCUT2D eigenvalue weighted by atomic mass is 10.1. The maximum atomic E-state index is 3.59. The van der Waals surface area contributed by atoms with Crippen LogP contribution in [0.15, 0.2) is 60.7 Å². The van der Waals surface area contributed by atoms with Gasteiger partial charge in [-0.1, -0.05) is 48.5 Å². The highest BCUT2D eigenvalue weighted by molar-refractivity contribution is 6.28. The maximum Gasteiger partial charge on any atom is 0.318 e. The van der Waals surface area contributed by atoms with Crippen molar-refractivity contribution in [2.24, 2.45) is 0 Å². The molecule has 96 valence electrons. The van der Waals surface area contributed by atoms with Gasteiger partial charge in [-0.05, 0) is 12.1 Å². The Morgan fingerprint density at radius 1 is 0.714 bits per heavy atom. The summed E-state index contributed by atoms with van der Waals surface area (Å²) in [6.45, 7) is 0. The molecule has 0 aliphatic carbocycles. The van der Waals surface area contributed by atoms with Gasteiger partial charge < -0.3 is 8.53 Å². The van der Waals surface area contributed by atoms with Crippen LogP contribution >= 0.6 is 0 Å². The average molecular weight is 282 g/mol. The number of fused-ring (bicyclic) bond motifs is 7. The Morgan fingerprint density at radius 3 is 2.33 bits per heavy atom. The van der Waals surface area contributed by atoms with E-state index < -0.39 is 0 Å². The first-order valence-corrected chi connectivity index (χ1v) is 7.54. The normalized spacial score (nSPS) is 12.0. The molecule has 21 heavy (non-hydrogen) atoms. The Hall–Kier alpha value is -2.21. The van der Waals surface area contributed by atoms with Gasteiger partial charge in [0.1, 0.15) is 0 Å². The first kappa shape index (κ1) is 11.5. The molecule has 2 nitrogen and oxygen atoms in total. The van der Waals surface area contributed by atoms with Gasteiger partial charge in [0.25, 0.3) is 0 Å². The van der Waals surface area contributed by atoms with Crippen molar-refractivity contribution in [2.75, 3.05) is 0 Å². The van der Waals surface area contributed by atoms with Crippen LogP contribution in [0.5, 0.6) is 0 Å². The molecule has 0 saturated carbocycles. The molecule has 1 N–H and O–H groups in total. The van der Waals surface area contributed by atoms with Crippen LogP contribution in [-0.2, 0) is 0 Å². The van der Waals surface area contributed by atoms with Crippen LogP contribution in [0.1, 0.15) is 0 Å². The van der Waals surface area contributed by atoms with E-state index >= 15 is 0 Å². The lowest BCUT2D eigenvalue weighted by Gasteiger charge is -2.01. The van der Waals surface area contributed by atoms with Crippen molar-refractivity contribution >= 4 is 60.1 Å². The summed E-state index contributed by atoms with van der Waals surface area (Å²) in [5, 5.41) is 5.15. The molecule has 3 heteroatoms. The van der Waals surface area contributed by atoms with Crippen molar-refractivity contribution in [1.29, 1.82) is 0 Å². The third-order valence-corrected chi connectivity index (χ3v) is 4.89. The molecule has 2 aromatic heterocycles. The minimum absolute atomic E-state index is 1.19. The second-order valence-corrected chi connectivity index (χ2v) is 5.96. The van der Waals surface area contributed by atoms with Crippen molar-refractivity contribution in [3.63, 3.8) is 0 Å². The molecule has 2 radical (unpaired) electrons. The van der Waals surface area contributed by atoms with Gasteiger partial charge in [0, 0.05) is 38.1 Å². The van der Waals surface area contributed by atoms with E-state index in [4.69, 9.17) is 0 Å². The molecule has 0 aliphatic heterocycles. The molecule has 0 saturated heterocycles.